The number of carbonyl (C=O) groups excluding carboxylic acids is 1. The van der Waals surface area contributed by atoms with Gasteiger partial charge in [0.25, 0.3) is 5.91 Å². The number of nitriles is 1. The van der Waals surface area contributed by atoms with Crippen molar-refractivity contribution in [3.63, 3.8) is 0 Å². The second-order valence-electron chi connectivity index (χ2n) is 6.86. The van der Waals surface area contributed by atoms with E-state index in [9.17, 15) is 10.1 Å². The lowest BCUT2D eigenvalue weighted by molar-refractivity contribution is 0.0668. The zero-order valence-corrected chi connectivity index (χ0v) is 18.9. The van der Waals surface area contributed by atoms with Crippen molar-refractivity contribution >= 4 is 27.9 Å². The van der Waals surface area contributed by atoms with Crippen LogP contribution >= 0.6 is 15.9 Å². The normalized spacial score (nSPS) is 14.4. The van der Waals surface area contributed by atoms with Crippen LogP contribution in [0.15, 0.2) is 35.1 Å². The lowest BCUT2D eigenvalue weighted by Gasteiger charge is -2.34. The summed E-state index contributed by atoms with van der Waals surface area (Å²) in [6.45, 7) is 7.37. The van der Waals surface area contributed by atoms with E-state index in [4.69, 9.17) is 9.47 Å². The maximum atomic E-state index is 13.3. The zero-order valence-electron chi connectivity index (χ0n) is 17.3. The van der Waals surface area contributed by atoms with Crippen LogP contribution in [-0.4, -0.2) is 35.5 Å². The summed E-state index contributed by atoms with van der Waals surface area (Å²) >= 11 is 3.61. The smallest absolute Gasteiger partial charge is 0.254 e. The number of nitrogens with zero attached hydrogens (tertiary/aromatic N) is 3. The minimum atomic E-state index is -0.251. The SMILES string of the molecule is CCO/C=C/c1cc(Br)c2c(c1)C(=O)N(C(C)c1cc(OCC)c(C#N)cn1)CC2. The van der Waals surface area contributed by atoms with Crippen LogP contribution in [0.5, 0.6) is 5.75 Å². The molecule has 1 aromatic heterocycles. The summed E-state index contributed by atoms with van der Waals surface area (Å²) in [5, 5.41) is 9.25. The average Bonchev–Trinajstić information content (AvgIpc) is 2.74. The molecule has 0 bridgehead atoms. The first-order valence-electron chi connectivity index (χ1n) is 9.94. The maximum Gasteiger partial charge on any atom is 0.254 e. The monoisotopic (exact) mass is 469 g/mol. The number of hydrogen-bond acceptors (Lipinski definition) is 5. The van der Waals surface area contributed by atoms with Crippen LogP contribution in [0.4, 0.5) is 0 Å². The predicted molar refractivity (Wildman–Crippen MR) is 118 cm³/mol. The fourth-order valence-electron chi connectivity index (χ4n) is 3.48. The number of rotatable bonds is 7. The second kappa shape index (κ2) is 9.77. The number of aromatic nitrogens is 1. The van der Waals surface area contributed by atoms with Crippen LogP contribution in [0, 0.1) is 11.3 Å². The molecule has 0 radical (unpaired) electrons. The molecule has 0 saturated carbocycles. The van der Waals surface area contributed by atoms with Crippen LogP contribution in [-0.2, 0) is 11.2 Å². The Hall–Kier alpha value is -2.85. The van der Waals surface area contributed by atoms with Crippen LogP contribution in [0.2, 0.25) is 0 Å². The number of amides is 1. The first kappa shape index (κ1) is 21.8. The van der Waals surface area contributed by atoms with Gasteiger partial charge in [-0.25, -0.2) is 0 Å². The molecule has 2 heterocycles. The van der Waals surface area contributed by atoms with Crippen LogP contribution < -0.4 is 4.74 Å². The van der Waals surface area contributed by atoms with E-state index in [2.05, 4.69) is 27.0 Å². The molecule has 1 amide bonds. The molecule has 0 spiro atoms. The Morgan fingerprint density at radius 2 is 2.13 bits per heavy atom. The highest BCUT2D eigenvalue weighted by atomic mass is 79.9. The van der Waals surface area contributed by atoms with Crippen LogP contribution in [0.3, 0.4) is 0 Å². The van der Waals surface area contributed by atoms with Gasteiger partial charge in [0.05, 0.1) is 31.2 Å². The molecule has 0 fully saturated rings. The molecular formula is C23H24BrN3O3. The minimum absolute atomic E-state index is 0.0415. The summed E-state index contributed by atoms with van der Waals surface area (Å²) in [6.07, 6.45) is 5.74. The quantitative estimate of drug-likeness (QED) is 0.540. The number of benzene rings is 1. The molecule has 3 rings (SSSR count). The Balaban J connectivity index is 1.91. The van der Waals surface area contributed by atoms with Crippen molar-refractivity contribution in [2.45, 2.75) is 33.2 Å². The standard InChI is InChI=1S/C23H24BrN3O3/c1-4-29-9-7-16-10-19-18(20(24)11-16)6-8-27(23(19)28)15(3)21-12-22(30-5-2)17(13-25)14-26-21/h7,9-12,14-15H,4-6,8H2,1-3H3/b9-7+. The number of carbonyl (C=O) groups is 1. The van der Waals surface area contributed by atoms with Gasteiger partial charge in [0.15, 0.2) is 0 Å². The fourth-order valence-corrected chi connectivity index (χ4v) is 4.15. The van der Waals surface area contributed by atoms with Gasteiger partial charge in [-0.15, -0.1) is 0 Å². The maximum absolute atomic E-state index is 13.3. The van der Waals surface area contributed by atoms with Gasteiger partial charge >= 0.3 is 0 Å². The van der Waals surface area contributed by atoms with E-state index in [-0.39, 0.29) is 11.9 Å². The van der Waals surface area contributed by atoms with Crippen molar-refractivity contribution in [1.29, 1.82) is 5.26 Å². The van der Waals surface area contributed by atoms with Crippen molar-refractivity contribution < 1.29 is 14.3 Å². The minimum Gasteiger partial charge on any atom is -0.501 e. The summed E-state index contributed by atoms with van der Waals surface area (Å²) in [6, 6.07) is 7.49. The van der Waals surface area contributed by atoms with E-state index in [0.29, 0.717) is 42.3 Å². The van der Waals surface area contributed by atoms with E-state index in [1.54, 1.807) is 12.3 Å². The summed E-state index contributed by atoms with van der Waals surface area (Å²) in [7, 11) is 0. The molecule has 0 aliphatic carbocycles. The van der Waals surface area contributed by atoms with Gasteiger partial charge in [0, 0.05) is 28.8 Å². The number of fused-ring (bicyclic) bond motifs is 1. The topological polar surface area (TPSA) is 75.4 Å². The van der Waals surface area contributed by atoms with E-state index in [1.807, 2.05) is 43.9 Å². The molecular weight excluding hydrogens is 446 g/mol. The van der Waals surface area contributed by atoms with Gasteiger partial charge < -0.3 is 14.4 Å². The lowest BCUT2D eigenvalue weighted by Crippen LogP contribution is -2.39. The van der Waals surface area contributed by atoms with Gasteiger partial charge in [-0.05, 0) is 56.5 Å². The van der Waals surface area contributed by atoms with E-state index < -0.39 is 0 Å². The molecule has 156 valence electrons. The second-order valence-corrected chi connectivity index (χ2v) is 7.72. The summed E-state index contributed by atoms with van der Waals surface area (Å²) < 4.78 is 11.8. The first-order valence-corrected chi connectivity index (χ1v) is 10.7. The van der Waals surface area contributed by atoms with E-state index >= 15 is 0 Å². The largest absolute Gasteiger partial charge is 0.501 e. The van der Waals surface area contributed by atoms with E-state index in [1.165, 1.54) is 6.20 Å². The van der Waals surface area contributed by atoms with Gasteiger partial charge in [-0.2, -0.15) is 5.26 Å². The molecule has 0 N–H and O–H groups in total. The molecule has 1 unspecified atom stereocenters. The lowest BCUT2D eigenvalue weighted by atomic mass is 9.95. The van der Waals surface area contributed by atoms with Crippen molar-refractivity contribution in [3.05, 3.63) is 63.1 Å². The van der Waals surface area contributed by atoms with Crippen molar-refractivity contribution in [2.24, 2.45) is 0 Å². The third-order valence-corrected chi connectivity index (χ3v) is 5.75. The molecule has 7 heteroatoms. The van der Waals surface area contributed by atoms with Gasteiger partial charge in [0.2, 0.25) is 0 Å². The highest BCUT2D eigenvalue weighted by Crippen LogP contribution is 2.33. The van der Waals surface area contributed by atoms with Crippen molar-refractivity contribution in [2.75, 3.05) is 19.8 Å². The van der Waals surface area contributed by atoms with Gasteiger partial charge in [-0.1, -0.05) is 15.9 Å². The van der Waals surface area contributed by atoms with Crippen LogP contribution in [0.1, 0.15) is 59.6 Å². The number of pyridine rings is 1. The number of halogens is 1. The highest BCUT2D eigenvalue weighted by Gasteiger charge is 2.31. The van der Waals surface area contributed by atoms with E-state index in [0.717, 1.165) is 22.0 Å². The average molecular weight is 470 g/mol. The molecule has 6 nitrogen and oxygen atoms in total. The Morgan fingerprint density at radius 3 is 2.83 bits per heavy atom. The highest BCUT2D eigenvalue weighted by molar-refractivity contribution is 9.10. The van der Waals surface area contributed by atoms with Crippen LogP contribution in [0.25, 0.3) is 6.08 Å². The zero-order chi connectivity index (χ0) is 21.7. The molecule has 2 aromatic rings. The number of ether oxygens (including phenoxy) is 2. The molecule has 1 aliphatic rings. The Bertz CT molecular complexity index is 1010. The third kappa shape index (κ3) is 4.49. The first-order chi connectivity index (χ1) is 14.5. The van der Waals surface area contributed by atoms with Crippen molar-refractivity contribution in [3.8, 4) is 11.8 Å². The molecule has 30 heavy (non-hydrogen) atoms. The Labute approximate surface area is 185 Å². The Kier molecular flexibility index (Phi) is 7.11. The van der Waals surface area contributed by atoms with Gasteiger partial charge in [0.1, 0.15) is 17.4 Å². The summed E-state index contributed by atoms with van der Waals surface area (Å²) in [5.74, 6) is 0.452. The molecule has 1 atom stereocenters. The molecule has 0 saturated heterocycles. The molecule has 1 aromatic carbocycles. The Morgan fingerprint density at radius 1 is 1.33 bits per heavy atom. The summed E-state index contributed by atoms with van der Waals surface area (Å²) in [5.41, 5.74) is 3.67. The molecule has 1 aliphatic heterocycles. The van der Waals surface area contributed by atoms with Gasteiger partial charge in [-0.3, -0.25) is 9.78 Å². The van der Waals surface area contributed by atoms with Crippen molar-refractivity contribution in [1.82, 2.24) is 9.88 Å². The summed E-state index contributed by atoms with van der Waals surface area (Å²) in [4.78, 5) is 19.6. The predicted octanol–water partition coefficient (Wildman–Crippen LogP) is 4.88. The number of hydrogen-bond donors (Lipinski definition) is 0. The third-order valence-electron chi connectivity index (χ3n) is 5.04. The fraction of sp³-hybridized carbons (Fsp3) is 0.348.